The van der Waals surface area contributed by atoms with Crippen LogP contribution in [0.1, 0.15) is 24.8 Å². The number of quaternary nitrogens is 1. The number of rotatable bonds is 3. The monoisotopic (exact) mass is 252 g/mol. The number of esters is 1. The maximum atomic E-state index is 11.8. The third kappa shape index (κ3) is 3.23. The normalized spacial score (nSPS) is 23.9. The van der Waals surface area contributed by atoms with E-state index in [-0.39, 0.29) is 18.1 Å². The molecule has 0 saturated carbocycles. The lowest BCUT2D eigenvalue weighted by Gasteiger charge is -2.12. The molecule has 0 aromatic heterocycles. The van der Waals surface area contributed by atoms with E-state index in [1.165, 1.54) is 5.56 Å². The first-order valence-electron chi connectivity index (χ1n) is 5.89. The molecule has 1 heterocycles. The Morgan fingerprint density at radius 3 is 2.76 bits per heavy atom. The van der Waals surface area contributed by atoms with Crippen LogP contribution in [0.15, 0.2) is 30.3 Å². The predicted octanol–water partition coefficient (Wildman–Crippen LogP) is 1.32. The molecule has 1 aliphatic heterocycles. The second-order valence-corrected chi connectivity index (χ2v) is 5.62. The minimum Gasteiger partial charge on any atom is -0.459 e. The number of carbonyl (C=O) groups is 1. The number of hydrogen-bond donors (Lipinski definition) is 1. The summed E-state index contributed by atoms with van der Waals surface area (Å²) in [6, 6.07) is 10.2. The van der Waals surface area contributed by atoms with Crippen molar-refractivity contribution in [3.05, 3.63) is 35.9 Å². The topological polar surface area (TPSA) is 42.9 Å². The highest BCUT2D eigenvalue weighted by molar-refractivity contribution is 7.99. The van der Waals surface area contributed by atoms with Gasteiger partial charge in [0.15, 0.2) is 11.4 Å². The van der Waals surface area contributed by atoms with Crippen molar-refractivity contribution in [2.45, 2.75) is 31.4 Å². The van der Waals surface area contributed by atoms with Crippen LogP contribution in [0.3, 0.4) is 0 Å². The molecule has 0 unspecified atom stereocenters. The van der Waals surface area contributed by atoms with Crippen LogP contribution in [0.2, 0.25) is 0 Å². The first-order chi connectivity index (χ1) is 8.16. The third-order valence-corrected chi connectivity index (χ3v) is 3.99. The fraction of sp³-hybridized carbons (Fsp3) is 0.462. The summed E-state index contributed by atoms with van der Waals surface area (Å²) >= 11 is 1.80. The van der Waals surface area contributed by atoms with Gasteiger partial charge in [-0.2, -0.15) is 0 Å². The van der Waals surface area contributed by atoms with Gasteiger partial charge in [0.2, 0.25) is 0 Å². The van der Waals surface area contributed by atoms with Gasteiger partial charge in [-0.15, -0.1) is 0 Å². The van der Waals surface area contributed by atoms with Gasteiger partial charge in [0.25, 0.3) is 0 Å². The van der Waals surface area contributed by atoms with Crippen molar-refractivity contribution in [2.24, 2.45) is 0 Å². The fourth-order valence-corrected chi connectivity index (χ4v) is 3.16. The van der Waals surface area contributed by atoms with E-state index < -0.39 is 0 Å². The van der Waals surface area contributed by atoms with E-state index >= 15 is 0 Å². The summed E-state index contributed by atoms with van der Waals surface area (Å²) < 4.78 is 5.23. The molecular formula is C13H18NO2S+. The molecule has 2 N–H and O–H groups in total. The molecule has 1 aliphatic rings. The lowest BCUT2D eigenvalue weighted by Crippen LogP contribution is -2.89. The van der Waals surface area contributed by atoms with Crippen molar-refractivity contribution in [2.75, 3.05) is 5.75 Å². The molecule has 2 atom stereocenters. The van der Waals surface area contributed by atoms with E-state index in [2.05, 4.69) is 17.4 Å². The maximum Gasteiger partial charge on any atom is 0.366 e. The van der Waals surface area contributed by atoms with Crippen LogP contribution in [0.4, 0.5) is 0 Å². The Bertz CT molecular complexity index is 380. The van der Waals surface area contributed by atoms with E-state index in [1.807, 2.05) is 32.0 Å². The van der Waals surface area contributed by atoms with Gasteiger partial charge in [-0.05, 0) is 13.8 Å². The standard InChI is InChI=1S/C13H17NO2S/c1-9(2)16-13(15)11-8-17-12(14-11)10-6-4-3-5-7-10/h3-7,9,11-12,14H,8H2,1-2H3/p+1/t11-,12+/m0/s1. The van der Waals surface area contributed by atoms with Gasteiger partial charge in [-0.25, -0.2) is 4.79 Å². The van der Waals surface area contributed by atoms with E-state index in [9.17, 15) is 4.79 Å². The molecular weight excluding hydrogens is 234 g/mol. The SMILES string of the molecule is CC(C)OC(=O)[C@@H]1CS[C@H](c2ccccc2)[NH2+]1. The molecule has 2 rings (SSSR count). The quantitative estimate of drug-likeness (QED) is 0.825. The largest absolute Gasteiger partial charge is 0.459 e. The molecule has 0 aliphatic carbocycles. The Labute approximate surface area is 106 Å². The van der Waals surface area contributed by atoms with Crippen molar-refractivity contribution in [1.82, 2.24) is 0 Å². The maximum absolute atomic E-state index is 11.8. The first-order valence-corrected chi connectivity index (χ1v) is 6.93. The van der Waals surface area contributed by atoms with Gasteiger partial charge in [0, 0.05) is 5.56 Å². The second kappa shape index (κ2) is 5.56. The minimum absolute atomic E-state index is 0.0309. The zero-order valence-corrected chi connectivity index (χ0v) is 10.9. The summed E-state index contributed by atoms with van der Waals surface area (Å²) in [4.78, 5) is 11.8. The lowest BCUT2D eigenvalue weighted by atomic mass is 10.2. The van der Waals surface area contributed by atoms with Crippen LogP contribution in [-0.4, -0.2) is 23.9 Å². The molecule has 0 bridgehead atoms. The minimum atomic E-state index is -0.0917. The molecule has 4 heteroatoms. The average Bonchev–Trinajstić information content (AvgIpc) is 2.78. The summed E-state index contributed by atoms with van der Waals surface area (Å²) in [7, 11) is 0. The first kappa shape index (κ1) is 12.5. The van der Waals surface area contributed by atoms with Crippen LogP contribution >= 0.6 is 11.8 Å². The fourth-order valence-electron chi connectivity index (χ4n) is 1.85. The molecule has 3 nitrogen and oxygen atoms in total. The molecule has 1 fully saturated rings. The van der Waals surface area contributed by atoms with Crippen LogP contribution in [0.25, 0.3) is 0 Å². The molecule has 0 radical (unpaired) electrons. The second-order valence-electron chi connectivity index (χ2n) is 4.45. The third-order valence-electron chi connectivity index (χ3n) is 2.65. The van der Waals surface area contributed by atoms with Gasteiger partial charge in [0.1, 0.15) is 0 Å². The van der Waals surface area contributed by atoms with Crippen LogP contribution in [-0.2, 0) is 9.53 Å². The van der Waals surface area contributed by atoms with Crippen LogP contribution in [0.5, 0.6) is 0 Å². The smallest absolute Gasteiger partial charge is 0.366 e. The van der Waals surface area contributed by atoms with Crippen molar-refractivity contribution in [3.63, 3.8) is 0 Å². The Morgan fingerprint density at radius 1 is 1.41 bits per heavy atom. The van der Waals surface area contributed by atoms with Gasteiger partial charge in [-0.1, -0.05) is 42.1 Å². The van der Waals surface area contributed by atoms with E-state index in [0.717, 1.165) is 5.75 Å². The van der Waals surface area contributed by atoms with Gasteiger partial charge < -0.3 is 10.1 Å². The van der Waals surface area contributed by atoms with Gasteiger partial charge >= 0.3 is 5.97 Å². The zero-order chi connectivity index (χ0) is 12.3. The van der Waals surface area contributed by atoms with E-state index in [1.54, 1.807) is 11.8 Å². The molecule has 1 aromatic rings. The molecule has 17 heavy (non-hydrogen) atoms. The zero-order valence-electron chi connectivity index (χ0n) is 10.1. The number of hydrogen-bond acceptors (Lipinski definition) is 3. The average molecular weight is 252 g/mol. The van der Waals surface area contributed by atoms with Crippen molar-refractivity contribution in [3.8, 4) is 0 Å². The Hall–Kier alpha value is -1.00. The van der Waals surface area contributed by atoms with Gasteiger partial charge in [-0.3, -0.25) is 0 Å². The van der Waals surface area contributed by atoms with E-state index in [4.69, 9.17) is 4.74 Å². The lowest BCUT2D eigenvalue weighted by molar-refractivity contribution is -0.685. The molecule has 0 amide bonds. The van der Waals surface area contributed by atoms with Crippen molar-refractivity contribution < 1.29 is 14.8 Å². The van der Waals surface area contributed by atoms with Crippen LogP contribution < -0.4 is 5.32 Å². The Morgan fingerprint density at radius 2 is 2.12 bits per heavy atom. The van der Waals surface area contributed by atoms with Crippen LogP contribution in [0, 0.1) is 0 Å². The number of benzene rings is 1. The number of nitrogens with two attached hydrogens (primary N) is 1. The summed E-state index contributed by atoms with van der Waals surface area (Å²) in [6.45, 7) is 3.77. The molecule has 1 saturated heterocycles. The number of thioether (sulfide) groups is 1. The highest BCUT2D eigenvalue weighted by atomic mass is 32.2. The Balaban J connectivity index is 1.94. The summed E-state index contributed by atoms with van der Waals surface area (Å²) in [6.07, 6.45) is -0.0309. The summed E-state index contributed by atoms with van der Waals surface area (Å²) in [5, 5.41) is 2.42. The highest BCUT2D eigenvalue weighted by Gasteiger charge is 2.36. The molecule has 0 spiro atoms. The predicted molar refractivity (Wildman–Crippen MR) is 68.6 cm³/mol. The highest BCUT2D eigenvalue weighted by Crippen LogP contribution is 2.26. The summed E-state index contributed by atoms with van der Waals surface area (Å²) in [5.41, 5.74) is 1.26. The Kier molecular flexibility index (Phi) is 4.07. The number of carbonyl (C=O) groups excluding carboxylic acids is 1. The molecule has 1 aromatic carbocycles. The summed E-state index contributed by atoms with van der Waals surface area (Å²) in [5.74, 6) is 0.733. The number of ether oxygens (including phenoxy) is 1. The molecule has 92 valence electrons. The van der Waals surface area contributed by atoms with Crippen molar-refractivity contribution >= 4 is 17.7 Å². The van der Waals surface area contributed by atoms with E-state index in [0.29, 0.717) is 5.37 Å². The van der Waals surface area contributed by atoms with Crippen molar-refractivity contribution in [1.29, 1.82) is 0 Å². The van der Waals surface area contributed by atoms with Gasteiger partial charge in [0.05, 0.1) is 11.9 Å².